The summed E-state index contributed by atoms with van der Waals surface area (Å²) in [4.78, 5) is 6.61. The van der Waals surface area contributed by atoms with Crippen LogP contribution in [0.3, 0.4) is 0 Å². The van der Waals surface area contributed by atoms with Gasteiger partial charge in [-0.15, -0.1) is 0 Å². The molecule has 15 heavy (non-hydrogen) atoms. The van der Waals surface area contributed by atoms with E-state index in [1.54, 1.807) is 6.20 Å². The summed E-state index contributed by atoms with van der Waals surface area (Å²) in [5, 5.41) is 1.03. The summed E-state index contributed by atoms with van der Waals surface area (Å²) in [7, 11) is 0. The largest absolute Gasteiger partial charge is 0.453 e. The molecule has 0 bridgehead atoms. The van der Waals surface area contributed by atoms with Crippen molar-refractivity contribution >= 4 is 16.8 Å². The highest BCUT2D eigenvalue weighted by atomic mass is 16.5. The molecule has 2 aromatic heterocycles. The van der Waals surface area contributed by atoms with Crippen LogP contribution in [-0.4, -0.2) is 31.3 Å². The summed E-state index contributed by atoms with van der Waals surface area (Å²) in [6.45, 7) is 3.30. The highest BCUT2D eigenvalue weighted by molar-refractivity contribution is 5.88. The monoisotopic (exact) mass is 203 g/mol. The molecule has 3 rings (SSSR count). The van der Waals surface area contributed by atoms with Gasteiger partial charge in [0.2, 0.25) is 0 Å². The van der Waals surface area contributed by atoms with E-state index >= 15 is 0 Å². The molecule has 1 fully saturated rings. The van der Waals surface area contributed by atoms with Crippen molar-refractivity contribution in [2.45, 2.75) is 0 Å². The third-order valence-corrected chi connectivity index (χ3v) is 2.61. The van der Waals surface area contributed by atoms with Crippen LogP contribution in [0.25, 0.3) is 11.0 Å². The minimum atomic E-state index is 0.764. The Balaban J connectivity index is 2.05. The first-order valence-electron chi connectivity index (χ1n) is 5.02. The Morgan fingerprint density at radius 3 is 3.07 bits per heavy atom. The van der Waals surface area contributed by atoms with Gasteiger partial charge in [0.05, 0.1) is 18.6 Å². The zero-order valence-corrected chi connectivity index (χ0v) is 8.27. The van der Waals surface area contributed by atoms with Crippen LogP contribution in [-0.2, 0) is 4.74 Å². The number of aromatic nitrogens is 1. The highest BCUT2D eigenvalue weighted by Crippen LogP contribution is 2.25. The van der Waals surface area contributed by atoms with Crippen molar-refractivity contribution in [2.75, 3.05) is 31.2 Å². The Bertz CT molecular complexity index is 460. The van der Waals surface area contributed by atoms with Gasteiger partial charge in [-0.25, -0.2) is 4.98 Å². The van der Waals surface area contributed by atoms with E-state index in [1.165, 1.54) is 0 Å². The number of ether oxygens (including phenoxy) is 1. The first-order chi connectivity index (χ1) is 7.45. The Morgan fingerprint density at radius 1 is 1.33 bits per heavy atom. The van der Waals surface area contributed by atoms with Crippen LogP contribution in [0, 0.1) is 6.26 Å². The molecule has 0 saturated carbocycles. The molecule has 2 aromatic rings. The molecule has 1 saturated heterocycles. The fraction of sp³-hybridized carbons (Fsp3) is 0.364. The number of hydrogen-bond acceptors (Lipinski definition) is 4. The zero-order chi connectivity index (χ0) is 10.1. The second kappa shape index (κ2) is 3.55. The number of pyridine rings is 1. The summed E-state index contributed by atoms with van der Waals surface area (Å²) in [6.07, 6.45) is 4.51. The molecule has 0 aliphatic carbocycles. The second-order valence-corrected chi connectivity index (χ2v) is 3.51. The van der Waals surface area contributed by atoms with Gasteiger partial charge < -0.3 is 14.1 Å². The number of rotatable bonds is 1. The number of anilines is 1. The van der Waals surface area contributed by atoms with Crippen LogP contribution in [0.15, 0.2) is 22.7 Å². The van der Waals surface area contributed by atoms with Crippen molar-refractivity contribution < 1.29 is 9.15 Å². The summed E-state index contributed by atoms with van der Waals surface area (Å²) < 4.78 is 10.5. The van der Waals surface area contributed by atoms with E-state index in [0.717, 1.165) is 43.1 Å². The fourth-order valence-electron chi connectivity index (χ4n) is 1.85. The molecule has 0 spiro atoms. The standard InChI is InChI=1S/C11H11N2O2/c1-3-12-11(9-2-6-15-10(1)9)13-4-7-14-8-5-13/h1-3H,4-5,7-8H2. The van der Waals surface area contributed by atoms with Crippen molar-refractivity contribution in [3.63, 3.8) is 0 Å². The van der Waals surface area contributed by atoms with E-state index in [1.807, 2.05) is 12.1 Å². The quantitative estimate of drug-likeness (QED) is 0.703. The average molecular weight is 203 g/mol. The molecule has 1 aliphatic rings. The van der Waals surface area contributed by atoms with Gasteiger partial charge in [-0.2, -0.15) is 0 Å². The lowest BCUT2D eigenvalue weighted by Gasteiger charge is -2.28. The van der Waals surface area contributed by atoms with E-state index in [9.17, 15) is 0 Å². The van der Waals surface area contributed by atoms with E-state index < -0.39 is 0 Å². The van der Waals surface area contributed by atoms with Crippen LogP contribution < -0.4 is 4.90 Å². The molecule has 0 atom stereocenters. The normalized spacial score (nSPS) is 17.2. The van der Waals surface area contributed by atoms with Gasteiger partial charge in [-0.3, -0.25) is 0 Å². The zero-order valence-electron chi connectivity index (χ0n) is 8.27. The van der Waals surface area contributed by atoms with Crippen LogP contribution in [0.2, 0.25) is 0 Å². The molecule has 0 N–H and O–H groups in total. The van der Waals surface area contributed by atoms with E-state index in [2.05, 4.69) is 16.1 Å². The molecule has 4 nitrogen and oxygen atoms in total. The van der Waals surface area contributed by atoms with Gasteiger partial charge in [-0.1, -0.05) is 0 Å². The maximum Gasteiger partial charge on any atom is 0.170 e. The number of nitrogens with zero attached hydrogens (tertiary/aromatic N) is 2. The molecule has 0 amide bonds. The molecule has 0 unspecified atom stereocenters. The molecule has 77 valence electrons. The average Bonchev–Trinajstić information content (AvgIpc) is 2.78. The maximum absolute atomic E-state index is 5.31. The van der Waals surface area contributed by atoms with Crippen molar-refractivity contribution in [3.8, 4) is 0 Å². The predicted octanol–water partition coefficient (Wildman–Crippen LogP) is 1.46. The Hall–Kier alpha value is -1.55. The SMILES string of the molecule is [c]1cc2c(N3CCOCC3)nccc2o1. The molecule has 4 heteroatoms. The Morgan fingerprint density at radius 2 is 2.20 bits per heavy atom. The van der Waals surface area contributed by atoms with Gasteiger partial charge in [0.15, 0.2) is 6.26 Å². The third-order valence-electron chi connectivity index (χ3n) is 2.61. The second-order valence-electron chi connectivity index (χ2n) is 3.51. The number of hydrogen-bond donors (Lipinski definition) is 0. The predicted molar refractivity (Wildman–Crippen MR) is 55.9 cm³/mol. The summed E-state index contributed by atoms with van der Waals surface area (Å²) >= 11 is 0. The first-order valence-corrected chi connectivity index (χ1v) is 5.02. The summed E-state index contributed by atoms with van der Waals surface area (Å²) in [5.74, 6) is 0.973. The van der Waals surface area contributed by atoms with Crippen molar-refractivity contribution in [1.29, 1.82) is 0 Å². The molecule has 1 radical (unpaired) electrons. The Labute approximate surface area is 87.5 Å². The van der Waals surface area contributed by atoms with Crippen LogP contribution in [0.1, 0.15) is 0 Å². The van der Waals surface area contributed by atoms with Crippen molar-refractivity contribution in [1.82, 2.24) is 4.98 Å². The summed E-state index contributed by atoms with van der Waals surface area (Å²) in [5.41, 5.74) is 0.839. The highest BCUT2D eigenvalue weighted by Gasteiger charge is 2.15. The van der Waals surface area contributed by atoms with Gasteiger partial charge in [0.25, 0.3) is 0 Å². The lowest BCUT2D eigenvalue weighted by atomic mass is 10.3. The van der Waals surface area contributed by atoms with E-state index in [0.29, 0.717) is 0 Å². The number of furan rings is 1. The molecular weight excluding hydrogens is 192 g/mol. The van der Waals surface area contributed by atoms with Crippen molar-refractivity contribution in [3.05, 3.63) is 24.6 Å². The molecule has 0 aromatic carbocycles. The van der Waals surface area contributed by atoms with Crippen molar-refractivity contribution in [2.24, 2.45) is 0 Å². The van der Waals surface area contributed by atoms with Gasteiger partial charge in [0.1, 0.15) is 11.4 Å². The van der Waals surface area contributed by atoms with Crippen LogP contribution >= 0.6 is 0 Å². The maximum atomic E-state index is 5.31. The Kier molecular flexibility index (Phi) is 2.07. The minimum absolute atomic E-state index is 0.764. The smallest absolute Gasteiger partial charge is 0.170 e. The lowest BCUT2D eigenvalue weighted by molar-refractivity contribution is 0.122. The van der Waals surface area contributed by atoms with Gasteiger partial charge in [0, 0.05) is 19.3 Å². The lowest BCUT2D eigenvalue weighted by Crippen LogP contribution is -2.36. The van der Waals surface area contributed by atoms with Gasteiger partial charge in [-0.05, 0) is 12.1 Å². The molecule has 1 aliphatic heterocycles. The third kappa shape index (κ3) is 1.47. The van der Waals surface area contributed by atoms with E-state index in [4.69, 9.17) is 9.15 Å². The number of fused-ring (bicyclic) bond motifs is 1. The van der Waals surface area contributed by atoms with Crippen LogP contribution in [0.5, 0.6) is 0 Å². The fourth-order valence-corrected chi connectivity index (χ4v) is 1.85. The first kappa shape index (κ1) is 8.73. The summed E-state index contributed by atoms with van der Waals surface area (Å²) in [6, 6.07) is 3.70. The van der Waals surface area contributed by atoms with Crippen LogP contribution in [0.4, 0.5) is 5.82 Å². The molecule has 3 heterocycles. The van der Waals surface area contributed by atoms with Gasteiger partial charge >= 0.3 is 0 Å². The molecular formula is C11H11N2O2. The topological polar surface area (TPSA) is 38.5 Å². The number of morpholine rings is 1. The minimum Gasteiger partial charge on any atom is -0.453 e. The van der Waals surface area contributed by atoms with E-state index in [-0.39, 0.29) is 0 Å².